The lowest BCUT2D eigenvalue weighted by atomic mass is 10.1. The minimum absolute atomic E-state index is 0.483. The van der Waals surface area contributed by atoms with Gasteiger partial charge in [0.05, 0.1) is 0 Å². The molecule has 5 heteroatoms. The molecule has 0 unspecified atom stereocenters. The number of rotatable bonds is 3. The van der Waals surface area contributed by atoms with Crippen LogP contribution in [0.25, 0.3) is 11.4 Å². The molecule has 0 spiro atoms. The number of nitrogens with zero attached hydrogens (tertiary/aromatic N) is 3. The van der Waals surface area contributed by atoms with Crippen LogP contribution in [-0.4, -0.2) is 21.0 Å². The maximum absolute atomic E-state index is 5.58. The minimum atomic E-state index is 0.483. The summed E-state index contributed by atoms with van der Waals surface area (Å²) in [5, 5.41) is 3.89. The summed E-state index contributed by atoms with van der Waals surface area (Å²) >= 11 is 5.58. The average Bonchev–Trinajstić information content (AvgIpc) is 2.68. The van der Waals surface area contributed by atoms with Crippen molar-refractivity contribution < 1.29 is 4.52 Å². The van der Waals surface area contributed by atoms with E-state index in [4.69, 9.17) is 16.1 Å². The van der Waals surface area contributed by atoms with E-state index in [-0.39, 0.29) is 0 Å². The molecule has 2 aromatic heterocycles. The van der Waals surface area contributed by atoms with Gasteiger partial charge in [-0.25, -0.2) is 0 Å². The molecule has 2 heterocycles. The molecule has 0 atom stereocenters. The summed E-state index contributed by atoms with van der Waals surface area (Å²) in [5.74, 6) is 1.64. The molecule has 0 aliphatic rings. The maximum atomic E-state index is 5.58. The van der Waals surface area contributed by atoms with Gasteiger partial charge in [0.2, 0.25) is 11.7 Å². The van der Waals surface area contributed by atoms with Gasteiger partial charge < -0.3 is 4.52 Å². The van der Waals surface area contributed by atoms with Crippen molar-refractivity contribution in [2.45, 2.75) is 13.3 Å². The Balaban J connectivity index is 2.33. The smallest absolute Gasteiger partial charge is 0.228 e. The second kappa shape index (κ2) is 4.40. The third kappa shape index (κ3) is 2.15. The van der Waals surface area contributed by atoms with E-state index in [1.165, 1.54) is 0 Å². The SMILES string of the molecule is Cc1cnccc1-c1noc(CCCl)n1. The van der Waals surface area contributed by atoms with Crippen molar-refractivity contribution in [3.05, 3.63) is 29.9 Å². The minimum Gasteiger partial charge on any atom is -0.339 e. The van der Waals surface area contributed by atoms with Crippen molar-refractivity contribution in [1.82, 2.24) is 15.1 Å². The Hall–Kier alpha value is -1.42. The molecule has 0 saturated heterocycles. The molecule has 0 N–H and O–H groups in total. The van der Waals surface area contributed by atoms with Crippen LogP contribution in [0.4, 0.5) is 0 Å². The predicted octanol–water partition coefficient (Wildman–Crippen LogP) is 2.22. The summed E-state index contributed by atoms with van der Waals surface area (Å²) in [6, 6.07) is 1.87. The second-order valence-electron chi connectivity index (χ2n) is 3.14. The molecule has 0 aliphatic carbocycles. The predicted molar refractivity (Wildman–Crippen MR) is 56.7 cm³/mol. The van der Waals surface area contributed by atoms with Crippen LogP contribution in [0.3, 0.4) is 0 Å². The highest BCUT2D eigenvalue weighted by Gasteiger charge is 2.09. The highest BCUT2D eigenvalue weighted by molar-refractivity contribution is 6.17. The van der Waals surface area contributed by atoms with Crippen LogP contribution in [-0.2, 0) is 6.42 Å². The fraction of sp³-hybridized carbons (Fsp3) is 0.300. The standard InChI is InChI=1S/C10H10ClN3O/c1-7-6-12-5-3-8(7)10-13-9(2-4-11)15-14-10/h3,5-6H,2,4H2,1H3. The fourth-order valence-corrected chi connectivity index (χ4v) is 1.43. The molecule has 0 amide bonds. The van der Waals surface area contributed by atoms with E-state index in [0.717, 1.165) is 11.1 Å². The number of hydrogen-bond donors (Lipinski definition) is 0. The third-order valence-electron chi connectivity index (χ3n) is 2.04. The van der Waals surface area contributed by atoms with Crippen LogP contribution in [0.2, 0.25) is 0 Å². The molecule has 0 aliphatic heterocycles. The zero-order chi connectivity index (χ0) is 10.7. The van der Waals surface area contributed by atoms with E-state index in [0.29, 0.717) is 24.0 Å². The monoisotopic (exact) mass is 223 g/mol. The van der Waals surface area contributed by atoms with Crippen molar-refractivity contribution in [2.24, 2.45) is 0 Å². The lowest BCUT2D eigenvalue weighted by Crippen LogP contribution is -1.88. The summed E-state index contributed by atoms with van der Waals surface area (Å²) in [4.78, 5) is 8.25. The molecule has 0 radical (unpaired) electrons. The first kappa shape index (κ1) is 10.1. The molecule has 2 aromatic rings. The van der Waals surface area contributed by atoms with Gasteiger partial charge in [-0.15, -0.1) is 11.6 Å². The van der Waals surface area contributed by atoms with Crippen LogP contribution in [0.1, 0.15) is 11.5 Å². The number of hydrogen-bond acceptors (Lipinski definition) is 4. The second-order valence-corrected chi connectivity index (χ2v) is 3.52. The van der Waals surface area contributed by atoms with Crippen molar-refractivity contribution in [1.29, 1.82) is 0 Å². The summed E-state index contributed by atoms with van der Waals surface area (Å²) < 4.78 is 5.05. The highest BCUT2D eigenvalue weighted by Crippen LogP contribution is 2.18. The normalized spacial score (nSPS) is 10.5. The molecular formula is C10H10ClN3O. The topological polar surface area (TPSA) is 51.8 Å². The van der Waals surface area contributed by atoms with Crippen LogP contribution in [0.15, 0.2) is 23.0 Å². The third-order valence-corrected chi connectivity index (χ3v) is 2.23. The quantitative estimate of drug-likeness (QED) is 0.749. The van der Waals surface area contributed by atoms with Crippen LogP contribution in [0, 0.1) is 6.92 Å². The van der Waals surface area contributed by atoms with Crippen LogP contribution in [0.5, 0.6) is 0 Å². The summed E-state index contributed by atoms with van der Waals surface area (Å²) in [7, 11) is 0. The van der Waals surface area contributed by atoms with Gasteiger partial charge in [-0.3, -0.25) is 4.98 Å². The van der Waals surface area contributed by atoms with E-state index in [9.17, 15) is 0 Å². The molecule has 78 valence electrons. The molecule has 0 saturated carbocycles. The van der Waals surface area contributed by atoms with E-state index < -0.39 is 0 Å². The number of alkyl halides is 1. The van der Waals surface area contributed by atoms with Crippen LogP contribution < -0.4 is 0 Å². The van der Waals surface area contributed by atoms with Gasteiger partial charge in [0, 0.05) is 30.3 Å². The number of aromatic nitrogens is 3. The summed E-state index contributed by atoms with van der Waals surface area (Å²) in [5.41, 5.74) is 1.96. The van der Waals surface area contributed by atoms with Gasteiger partial charge >= 0.3 is 0 Å². The lowest BCUT2D eigenvalue weighted by Gasteiger charge is -1.97. The Morgan fingerprint density at radius 3 is 3.07 bits per heavy atom. The number of aryl methyl sites for hydroxylation is 2. The first-order valence-electron chi connectivity index (χ1n) is 4.61. The Labute approximate surface area is 92.3 Å². The Kier molecular flexibility index (Phi) is 2.97. The average molecular weight is 224 g/mol. The Morgan fingerprint density at radius 2 is 2.33 bits per heavy atom. The highest BCUT2D eigenvalue weighted by atomic mass is 35.5. The first-order valence-corrected chi connectivity index (χ1v) is 5.14. The van der Waals surface area contributed by atoms with Gasteiger partial charge in [-0.1, -0.05) is 5.16 Å². The van der Waals surface area contributed by atoms with Gasteiger partial charge in [-0.05, 0) is 18.6 Å². The molecule has 0 fully saturated rings. The Bertz CT molecular complexity index is 455. The molecule has 0 aromatic carbocycles. The van der Waals surface area contributed by atoms with Gasteiger partial charge in [-0.2, -0.15) is 4.98 Å². The molecule has 4 nitrogen and oxygen atoms in total. The molecule has 15 heavy (non-hydrogen) atoms. The van der Waals surface area contributed by atoms with Crippen molar-refractivity contribution in [3.8, 4) is 11.4 Å². The van der Waals surface area contributed by atoms with Crippen molar-refractivity contribution in [3.63, 3.8) is 0 Å². The number of pyridine rings is 1. The van der Waals surface area contributed by atoms with E-state index in [2.05, 4.69) is 15.1 Å². The van der Waals surface area contributed by atoms with E-state index in [1.54, 1.807) is 12.4 Å². The zero-order valence-corrected chi connectivity index (χ0v) is 9.03. The van der Waals surface area contributed by atoms with Crippen molar-refractivity contribution >= 4 is 11.6 Å². The molecule has 0 bridgehead atoms. The van der Waals surface area contributed by atoms with Crippen molar-refractivity contribution in [2.75, 3.05) is 5.88 Å². The lowest BCUT2D eigenvalue weighted by molar-refractivity contribution is 0.383. The van der Waals surface area contributed by atoms with Crippen LogP contribution >= 0.6 is 11.6 Å². The van der Waals surface area contributed by atoms with E-state index in [1.807, 2.05) is 13.0 Å². The summed E-state index contributed by atoms with van der Waals surface area (Å²) in [6.07, 6.45) is 4.07. The maximum Gasteiger partial charge on any atom is 0.228 e. The Morgan fingerprint density at radius 1 is 1.47 bits per heavy atom. The summed E-state index contributed by atoms with van der Waals surface area (Å²) in [6.45, 7) is 1.96. The van der Waals surface area contributed by atoms with Gasteiger partial charge in [0.1, 0.15) is 0 Å². The molecular weight excluding hydrogens is 214 g/mol. The largest absolute Gasteiger partial charge is 0.339 e. The zero-order valence-electron chi connectivity index (χ0n) is 8.27. The van der Waals surface area contributed by atoms with Gasteiger partial charge in [0.15, 0.2) is 0 Å². The number of halogens is 1. The first-order chi connectivity index (χ1) is 7.31. The molecule has 2 rings (SSSR count). The van der Waals surface area contributed by atoms with Gasteiger partial charge in [0.25, 0.3) is 0 Å². The van der Waals surface area contributed by atoms with E-state index >= 15 is 0 Å². The fourth-order valence-electron chi connectivity index (χ4n) is 1.27.